The molecule has 13 aromatic rings. The van der Waals surface area contributed by atoms with Crippen molar-refractivity contribution >= 4 is 0 Å². The summed E-state index contributed by atoms with van der Waals surface area (Å²) in [5, 5.41) is 0. The third-order valence-corrected chi connectivity index (χ3v) is 26.3. The van der Waals surface area contributed by atoms with E-state index in [1.54, 1.807) is 30.3 Å². The summed E-state index contributed by atoms with van der Waals surface area (Å²) in [6, 6.07) is 29.6. The molecule has 5 fully saturated rings. The molecule has 0 amide bonds. The van der Waals surface area contributed by atoms with E-state index in [1.165, 1.54) is 50.7 Å². The molecule has 5 aliphatic rings. The largest absolute Gasteiger partial charge is 0.432 e. The molecule has 0 N–H and O–H groups in total. The van der Waals surface area contributed by atoms with Gasteiger partial charge >= 0.3 is 24.4 Å². The van der Waals surface area contributed by atoms with Crippen LogP contribution in [-0.4, -0.2) is 0 Å². The van der Waals surface area contributed by atoms with E-state index in [4.69, 9.17) is 0 Å². The fourth-order valence-electron chi connectivity index (χ4n) is 19.2. The second kappa shape index (κ2) is 43.2. The maximum Gasteiger partial charge on any atom is 0.432 e. The SMILES string of the molecule is Fc1cc(-c2c(F)cc(C(F)(F)Oc3c(F)cc(C4CCC(C5CCCC5)CC4)cc3F)cc2F)cc(F)c1F.Fc1cc(-c2c(F)cc(OC(F)(F)c3c(F)cc(-c4ccc(C5CCCC5)cc4)cc3F)cc2F)cc(F)c1F.Fc1ccc(OC(F)(F)c2c(F)cc(-c3ccc(C4CCCC4)cc3)cc2F)cc1F.Fc1ccc(OC(F)(F)c2c(F)cc(-c3ccc(C4CCCC4)cc3F)cc2F)cc1F. The Balaban J connectivity index is 0.000000145. The van der Waals surface area contributed by atoms with Crippen molar-refractivity contribution in [3.05, 3.63) is 378 Å². The highest BCUT2D eigenvalue weighted by Crippen LogP contribution is 2.50. The molecule has 35 heteroatoms. The van der Waals surface area contributed by atoms with Crippen LogP contribution in [0.2, 0.25) is 0 Å². The number of ether oxygens (including phenoxy) is 4. The molecule has 0 atom stereocenters. The molecule has 0 saturated heterocycles. The van der Waals surface area contributed by atoms with Crippen molar-refractivity contribution in [2.45, 2.75) is 177 Å². The molecular weight excluding hydrogens is 1950 g/mol. The van der Waals surface area contributed by atoms with Crippen molar-refractivity contribution in [2.75, 3.05) is 0 Å². The lowest BCUT2D eigenvalue weighted by molar-refractivity contribution is -0.190. The summed E-state index contributed by atoms with van der Waals surface area (Å²) in [6.07, 6.45) is 2.74. The lowest BCUT2D eigenvalue weighted by Gasteiger charge is -2.32. The highest BCUT2D eigenvalue weighted by atomic mass is 19.3. The van der Waals surface area contributed by atoms with Crippen LogP contribution in [0.15, 0.2) is 200 Å². The summed E-state index contributed by atoms with van der Waals surface area (Å²) in [5.74, 6) is -37.9. The maximum absolute atomic E-state index is 14.9. The van der Waals surface area contributed by atoms with Crippen LogP contribution in [0.5, 0.6) is 23.0 Å². The van der Waals surface area contributed by atoms with Crippen molar-refractivity contribution in [3.8, 4) is 78.6 Å². The lowest BCUT2D eigenvalue weighted by Crippen LogP contribution is -2.25. The Hall–Kier alpha value is -13.1. The smallest absolute Gasteiger partial charge is 0.429 e. The van der Waals surface area contributed by atoms with Gasteiger partial charge in [-0.15, -0.1) is 0 Å². The van der Waals surface area contributed by atoms with E-state index >= 15 is 0 Å². The van der Waals surface area contributed by atoms with Gasteiger partial charge in [0, 0.05) is 29.8 Å². The Kier molecular flexibility index (Phi) is 31.5. The van der Waals surface area contributed by atoms with Crippen LogP contribution in [-0.2, 0) is 24.4 Å². The standard InChI is InChI=1S/C30H25F9O.C30H19F9O.C24H17F7O.C24H18F6O/c31-21-13-20(14-22(32)27(21)19-11-23(33)28(37)24(34)12-19)30(38,39)40-29-25(35)9-18(10-26(29)36)17-7-5-16(6-8-17)15-3-1-2-4-15;31-21-13-20(14-22(32)27(21)19-11-25(35)29(37)26(36)12-19)40-30(38,39)28-23(33)9-18(10-24(28)34)17-7-5-16(6-8-17)15-3-1-2-4-15;25-18-8-6-16(12-20(18)27)32-24(30,31)23-21(28)10-15(11-22(23)29)17-7-5-14(9-19(17)26)13-3-1-2-4-13;25-19-10-9-18(13-20(19)26)31-24(29,30)23-21(27)11-17(12-22(23)28)16-7-5-15(6-8-16)14-3-1-2-4-14/h9-17H,1-8H2;5-15H,1-4H2;5-13H,1-4H2;5-14H,1-4H2. The minimum absolute atomic E-state index is 0.00674. The van der Waals surface area contributed by atoms with Gasteiger partial charge in [-0.05, 0) is 276 Å². The van der Waals surface area contributed by atoms with Gasteiger partial charge in [0.2, 0.25) is 0 Å². The van der Waals surface area contributed by atoms with Crippen LogP contribution in [0, 0.1) is 146 Å². The normalized spacial score (nSPS) is 16.1. The van der Waals surface area contributed by atoms with Gasteiger partial charge in [0.25, 0.3) is 0 Å². The number of hydrogen-bond acceptors (Lipinski definition) is 4. The van der Waals surface area contributed by atoms with Crippen LogP contribution in [0.1, 0.15) is 197 Å². The summed E-state index contributed by atoms with van der Waals surface area (Å²) in [5.41, 5.74) is -6.37. The summed E-state index contributed by atoms with van der Waals surface area (Å²) >= 11 is 0. The molecule has 143 heavy (non-hydrogen) atoms. The molecule has 752 valence electrons. The topological polar surface area (TPSA) is 36.9 Å². The van der Waals surface area contributed by atoms with E-state index < -0.39 is 226 Å². The molecular formula is C108H79F31O4. The van der Waals surface area contributed by atoms with E-state index in [0.717, 1.165) is 137 Å². The zero-order valence-corrected chi connectivity index (χ0v) is 74.5. The van der Waals surface area contributed by atoms with Gasteiger partial charge in [0.15, 0.2) is 75.6 Å². The molecule has 18 rings (SSSR count). The minimum atomic E-state index is -4.71. The predicted octanol–water partition coefficient (Wildman–Crippen LogP) is 35.2. The Morgan fingerprint density at radius 3 is 0.839 bits per heavy atom. The van der Waals surface area contributed by atoms with Crippen LogP contribution in [0.3, 0.4) is 0 Å². The Labute approximate surface area is 797 Å². The second-order valence-electron chi connectivity index (χ2n) is 35.6. The van der Waals surface area contributed by atoms with Crippen molar-refractivity contribution < 1.29 is 155 Å². The minimum Gasteiger partial charge on any atom is -0.429 e. The maximum atomic E-state index is 14.9. The summed E-state index contributed by atoms with van der Waals surface area (Å²) < 4.78 is 458. The monoisotopic (exact) mass is 2030 g/mol. The van der Waals surface area contributed by atoms with Gasteiger partial charge in [-0.25, -0.2) is 101 Å². The Bertz CT molecular complexity index is 6650. The second-order valence-corrected chi connectivity index (χ2v) is 35.6. The van der Waals surface area contributed by atoms with Gasteiger partial charge < -0.3 is 18.9 Å². The van der Waals surface area contributed by atoms with E-state index in [1.807, 2.05) is 24.3 Å². The van der Waals surface area contributed by atoms with Crippen LogP contribution >= 0.6 is 0 Å². The summed E-state index contributed by atoms with van der Waals surface area (Å²) in [6.45, 7) is 0. The van der Waals surface area contributed by atoms with Crippen molar-refractivity contribution in [3.63, 3.8) is 0 Å². The molecule has 0 unspecified atom stereocenters. The zero-order chi connectivity index (χ0) is 103. The molecule has 0 radical (unpaired) electrons. The zero-order valence-electron chi connectivity index (χ0n) is 74.5. The van der Waals surface area contributed by atoms with Gasteiger partial charge in [-0.1, -0.05) is 125 Å². The first-order valence-electron chi connectivity index (χ1n) is 45.2. The lowest BCUT2D eigenvalue weighted by atomic mass is 9.73. The van der Waals surface area contributed by atoms with Gasteiger partial charge in [-0.3, -0.25) is 0 Å². The molecule has 0 spiro atoms. The number of benzene rings is 13. The summed E-state index contributed by atoms with van der Waals surface area (Å²) in [7, 11) is 0. The van der Waals surface area contributed by atoms with Crippen LogP contribution in [0.25, 0.3) is 55.6 Å². The first-order chi connectivity index (χ1) is 67.8. The molecule has 0 heterocycles. The van der Waals surface area contributed by atoms with Gasteiger partial charge in [-0.2, -0.15) is 35.1 Å². The quantitative estimate of drug-likeness (QED) is 0.0501. The number of rotatable bonds is 22. The number of alkyl halides is 8. The van der Waals surface area contributed by atoms with Gasteiger partial charge in [0.05, 0.1) is 16.7 Å². The van der Waals surface area contributed by atoms with Crippen molar-refractivity contribution in [1.29, 1.82) is 0 Å². The van der Waals surface area contributed by atoms with E-state index in [-0.39, 0.29) is 58.4 Å². The van der Waals surface area contributed by atoms with Crippen molar-refractivity contribution in [2.24, 2.45) is 11.8 Å². The van der Waals surface area contributed by atoms with Crippen LogP contribution in [0.4, 0.5) is 136 Å². The number of hydrogen-bond donors (Lipinski definition) is 0. The number of halogens is 31. The molecule has 0 aromatic heterocycles. The molecule has 4 nitrogen and oxygen atoms in total. The molecule has 13 aromatic carbocycles. The first-order valence-corrected chi connectivity index (χ1v) is 45.2. The third kappa shape index (κ3) is 23.7. The first kappa shape index (κ1) is 104. The fraction of sp³-hybridized carbons (Fsp3) is 0.278. The highest BCUT2D eigenvalue weighted by molar-refractivity contribution is 5.70. The van der Waals surface area contributed by atoms with E-state index in [2.05, 4.69) is 18.9 Å². The Morgan fingerprint density at radius 2 is 0.483 bits per heavy atom. The average Bonchev–Trinajstić information content (AvgIpc) is 1.59. The highest BCUT2D eigenvalue weighted by Gasteiger charge is 2.46. The predicted molar refractivity (Wildman–Crippen MR) is 466 cm³/mol. The molecule has 0 bridgehead atoms. The van der Waals surface area contributed by atoms with Gasteiger partial charge in [0.1, 0.15) is 97.9 Å². The average molecular weight is 2030 g/mol. The van der Waals surface area contributed by atoms with Crippen molar-refractivity contribution in [1.82, 2.24) is 0 Å². The van der Waals surface area contributed by atoms with E-state index in [0.29, 0.717) is 119 Å². The Morgan fingerprint density at radius 1 is 0.189 bits per heavy atom. The van der Waals surface area contributed by atoms with Crippen LogP contribution < -0.4 is 18.9 Å². The van der Waals surface area contributed by atoms with E-state index in [9.17, 15) is 136 Å². The molecule has 5 aliphatic carbocycles. The molecule has 5 saturated carbocycles. The fourth-order valence-corrected chi connectivity index (χ4v) is 19.2. The molecule has 0 aliphatic heterocycles. The third-order valence-electron chi connectivity index (χ3n) is 26.3. The summed E-state index contributed by atoms with van der Waals surface area (Å²) in [4.78, 5) is 0.